The van der Waals surface area contributed by atoms with Crippen LogP contribution in [0.2, 0.25) is 0 Å². The molecule has 0 radical (unpaired) electrons. The summed E-state index contributed by atoms with van der Waals surface area (Å²) >= 11 is 0. The third kappa shape index (κ3) is 3.11. The first-order chi connectivity index (χ1) is 11.9. The van der Waals surface area contributed by atoms with Crippen molar-refractivity contribution < 1.29 is 9.84 Å². The Kier molecular flexibility index (Phi) is 4.50. The van der Waals surface area contributed by atoms with Gasteiger partial charge in [-0.05, 0) is 32.8 Å². The Balaban J connectivity index is 2.16. The number of H-pyrrole nitrogens is 1. The molecule has 1 atom stereocenters. The van der Waals surface area contributed by atoms with Crippen LogP contribution in [0.5, 0.6) is 0 Å². The number of aliphatic hydroxyl groups excluding tert-OH is 1. The maximum atomic E-state index is 12.3. The largest absolute Gasteiger partial charge is 0.387 e. The minimum atomic E-state index is -0.729. The van der Waals surface area contributed by atoms with E-state index in [1.165, 1.54) is 6.20 Å². The molecule has 0 aromatic carbocycles. The third-order valence-electron chi connectivity index (χ3n) is 5.06. The normalized spacial score (nSPS) is 18.1. The van der Waals surface area contributed by atoms with Gasteiger partial charge in [-0.25, -0.2) is 0 Å². The van der Waals surface area contributed by atoms with Gasteiger partial charge in [0.2, 0.25) is 0 Å². The highest BCUT2D eigenvalue weighted by molar-refractivity contribution is 5.94. The summed E-state index contributed by atoms with van der Waals surface area (Å²) < 4.78 is 5.58. The lowest BCUT2D eigenvalue weighted by atomic mass is 9.92. The van der Waals surface area contributed by atoms with Gasteiger partial charge in [0.15, 0.2) is 0 Å². The van der Waals surface area contributed by atoms with Crippen molar-refractivity contribution in [2.24, 2.45) is 0 Å². The second kappa shape index (κ2) is 6.47. The van der Waals surface area contributed by atoms with Crippen LogP contribution in [0.25, 0.3) is 10.9 Å². The molecule has 0 bridgehead atoms. The Morgan fingerprint density at radius 1 is 1.48 bits per heavy atom. The van der Waals surface area contributed by atoms with Crippen LogP contribution in [0, 0.1) is 11.3 Å². The first-order valence-electron chi connectivity index (χ1n) is 8.33. The molecule has 0 aliphatic carbocycles. The molecule has 3 heterocycles. The van der Waals surface area contributed by atoms with Gasteiger partial charge in [-0.15, -0.1) is 0 Å². The fourth-order valence-corrected chi connectivity index (χ4v) is 3.26. The van der Waals surface area contributed by atoms with Gasteiger partial charge in [0, 0.05) is 25.6 Å². The third-order valence-corrected chi connectivity index (χ3v) is 5.06. The van der Waals surface area contributed by atoms with Crippen LogP contribution in [0.3, 0.4) is 0 Å². The predicted molar refractivity (Wildman–Crippen MR) is 94.6 cm³/mol. The number of ether oxygens (including phenoxy) is 1. The van der Waals surface area contributed by atoms with Crippen LogP contribution in [0.1, 0.15) is 44.1 Å². The van der Waals surface area contributed by atoms with Crippen molar-refractivity contribution in [1.82, 2.24) is 9.97 Å². The van der Waals surface area contributed by atoms with E-state index in [9.17, 15) is 15.2 Å². The molecule has 7 nitrogen and oxygen atoms in total. The van der Waals surface area contributed by atoms with Crippen molar-refractivity contribution in [1.29, 1.82) is 5.26 Å². The van der Waals surface area contributed by atoms with Crippen LogP contribution in [-0.2, 0) is 4.74 Å². The lowest BCUT2D eigenvalue weighted by molar-refractivity contribution is -0.0132. The molecule has 7 heteroatoms. The van der Waals surface area contributed by atoms with Crippen molar-refractivity contribution in [3.05, 3.63) is 33.9 Å². The Morgan fingerprint density at radius 3 is 2.72 bits per heavy atom. The molecule has 1 aliphatic rings. The summed E-state index contributed by atoms with van der Waals surface area (Å²) in [5.41, 5.74) is 1.16. The van der Waals surface area contributed by atoms with Gasteiger partial charge in [-0.1, -0.05) is 0 Å². The average Bonchev–Trinajstić information content (AvgIpc) is 2.61. The Hall–Kier alpha value is -2.43. The number of hydrogen-bond acceptors (Lipinski definition) is 6. The monoisotopic (exact) mass is 342 g/mol. The van der Waals surface area contributed by atoms with E-state index >= 15 is 0 Å². The number of nitrogens with one attached hydrogen (secondary N) is 1. The van der Waals surface area contributed by atoms with E-state index < -0.39 is 11.7 Å². The number of methoxy groups -OCH3 is 1. The minimum absolute atomic E-state index is 0.0938. The SMILES string of the molecule is COC1(C)CCN(c2c(C#N)c(=O)[nH]c3cnc(C(C)O)cc23)CC1. The zero-order chi connectivity index (χ0) is 18.2. The number of anilines is 1. The Labute approximate surface area is 145 Å². The molecular formula is C18H22N4O3. The highest BCUT2D eigenvalue weighted by atomic mass is 16.5. The van der Waals surface area contributed by atoms with E-state index in [0.717, 1.165) is 18.2 Å². The number of pyridine rings is 2. The second-order valence-corrected chi connectivity index (χ2v) is 6.76. The molecule has 2 aromatic heterocycles. The van der Waals surface area contributed by atoms with Gasteiger partial charge < -0.3 is 19.7 Å². The van der Waals surface area contributed by atoms with Crippen molar-refractivity contribution in [3.8, 4) is 6.07 Å². The summed E-state index contributed by atoms with van der Waals surface area (Å²) in [4.78, 5) is 21.3. The minimum Gasteiger partial charge on any atom is -0.387 e. The van der Waals surface area contributed by atoms with Gasteiger partial charge in [-0.3, -0.25) is 9.78 Å². The van der Waals surface area contributed by atoms with E-state index in [-0.39, 0.29) is 11.2 Å². The van der Waals surface area contributed by atoms with E-state index in [2.05, 4.69) is 21.8 Å². The number of piperidine rings is 1. The topological polar surface area (TPSA) is 102 Å². The second-order valence-electron chi connectivity index (χ2n) is 6.76. The molecule has 1 unspecified atom stereocenters. The fraction of sp³-hybridized carbons (Fsp3) is 0.500. The fourth-order valence-electron chi connectivity index (χ4n) is 3.26. The molecular weight excluding hydrogens is 320 g/mol. The number of nitriles is 1. The number of fused-ring (bicyclic) bond motifs is 1. The van der Waals surface area contributed by atoms with Crippen LogP contribution >= 0.6 is 0 Å². The maximum Gasteiger partial charge on any atom is 0.268 e. The van der Waals surface area contributed by atoms with Gasteiger partial charge in [0.25, 0.3) is 5.56 Å². The van der Waals surface area contributed by atoms with E-state index in [1.54, 1.807) is 20.1 Å². The Morgan fingerprint density at radius 2 is 2.16 bits per heavy atom. The van der Waals surface area contributed by atoms with Crippen molar-refractivity contribution >= 4 is 16.6 Å². The highest BCUT2D eigenvalue weighted by Gasteiger charge is 2.32. The highest BCUT2D eigenvalue weighted by Crippen LogP contribution is 2.33. The summed E-state index contributed by atoms with van der Waals surface area (Å²) in [5.74, 6) is 0. The molecule has 25 heavy (non-hydrogen) atoms. The molecule has 1 fully saturated rings. The number of hydrogen-bond donors (Lipinski definition) is 2. The van der Waals surface area contributed by atoms with Crippen LogP contribution in [0.15, 0.2) is 17.1 Å². The number of aromatic nitrogens is 2. The molecule has 0 amide bonds. The standard InChI is InChI=1S/C18H22N4O3/c1-11(23)14-8-12-15(10-20-14)21-17(24)13(9-19)16(12)22-6-4-18(2,25-3)5-7-22/h8,10-11,23H,4-7H2,1-3H3,(H,21,24). The summed E-state index contributed by atoms with van der Waals surface area (Å²) in [5, 5.41) is 20.1. The molecule has 3 rings (SSSR count). The number of aliphatic hydroxyl groups is 1. The lowest BCUT2D eigenvalue weighted by Crippen LogP contribution is -2.44. The predicted octanol–water partition coefficient (Wildman–Crippen LogP) is 1.85. The van der Waals surface area contributed by atoms with Gasteiger partial charge in [0.1, 0.15) is 11.6 Å². The Bertz CT molecular complexity index is 890. The van der Waals surface area contributed by atoms with Gasteiger partial charge in [-0.2, -0.15) is 5.26 Å². The number of rotatable bonds is 3. The van der Waals surface area contributed by atoms with E-state index in [1.807, 2.05) is 6.07 Å². The molecule has 0 spiro atoms. The number of aromatic amines is 1. The van der Waals surface area contributed by atoms with Gasteiger partial charge >= 0.3 is 0 Å². The van der Waals surface area contributed by atoms with Gasteiger partial charge in [0.05, 0.1) is 34.8 Å². The molecule has 2 N–H and O–H groups in total. The molecule has 1 saturated heterocycles. The van der Waals surface area contributed by atoms with E-state index in [4.69, 9.17) is 4.74 Å². The molecule has 1 aliphatic heterocycles. The smallest absolute Gasteiger partial charge is 0.268 e. The van der Waals surface area contributed by atoms with Crippen LogP contribution in [0.4, 0.5) is 5.69 Å². The summed E-state index contributed by atoms with van der Waals surface area (Å²) in [6.45, 7) is 5.07. The quantitative estimate of drug-likeness (QED) is 0.882. The van der Waals surface area contributed by atoms with E-state index in [0.29, 0.717) is 30.0 Å². The zero-order valence-corrected chi connectivity index (χ0v) is 14.7. The maximum absolute atomic E-state index is 12.3. The number of nitrogens with zero attached hydrogens (tertiary/aromatic N) is 3. The summed E-state index contributed by atoms with van der Waals surface area (Å²) in [6.07, 6.45) is 2.41. The zero-order valence-electron chi connectivity index (χ0n) is 14.7. The first kappa shape index (κ1) is 17.4. The van der Waals surface area contributed by atoms with Crippen LogP contribution in [-0.4, -0.2) is 40.9 Å². The first-order valence-corrected chi connectivity index (χ1v) is 8.33. The average molecular weight is 342 g/mol. The van der Waals surface area contributed by atoms with Crippen molar-refractivity contribution in [2.45, 2.75) is 38.4 Å². The van der Waals surface area contributed by atoms with Crippen LogP contribution < -0.4 is 10.5 Å². The summed E-state index contributed by atoms with van der Waals surface area (Å²) in [6, 6.07) is 3.78. The molecule has 0 saturated carbocycles. The van der Waals surface area contributed by atoms with Crippen molar-refractivity contribution in [3.63, 3.8) is 0 Å². The van der Waals surface area contributed by atoms with Crippen molar-refractivity contribution in [2.75, 3.05) is 25.1 Å². The molecule has 132 valence electrons. The molecule has 2 aromatic rings. The lowest BCUT2D eigenvalue weighted by Gasteiger charge is -2.40. The summed E-state index contributed by atoms with van der Waals surface area (Å²) in [7, 11) is 1.71.